The van der Waals surface area contributed by atoms with Crippen molar-refractivity contribution in [3.63, 3.8) is 0 Å². The monoisotopic (exact) mass is 245 g/mol. The number of hydrogen-bond acceptors (Lipinski definition) is 3. The second-order valence-electron chi connectivity index (χ2n) is 5.36. The number of aromatic nitrogens is 3. The highest BCUT2D eigenvalue weighted by atomic mass is 32.4. The first-order valence-corrected chi connectivity index (χ1v) is 13.3. The van der Waals surface area contributed by atoms with Gasteiger partial charge in [-0.05, 0) is 19.6 Å². The van der Waals surface area contributed by atoms with Gasteiger partial charge in [0.15, 0.2) is 8.24 Å². The fraction of sp³-hybridized carbons (Fsp3) is 0.750. The molecular weight excluding hydrogens is 226 g/mol. The van der Waals surface area contributed by atoms with Gasteiger partial charge < -0.3 is 0 Å². The Morgan fingerprint density at radius 3 is 2.07 bits per heavy atom. The minimum absolute atomic E-state index is 0.951. The Hall–Kier alpha value is -0.0762. The predicted molar refractivity (Wildman–Crippen MR) is 68.0 cm³/mol. The van der Waals surface area contributed by atoms with Gasteiger partial charge in [0.25, 0.3) is 0 Å². The molecule has 0 aliphatic heterocycles. The molecule has 0 unspecified atom stereocenters. The average Bonchev–Trinajstić information content (AvgIpc) is 2.29. The van der Waals surface area contributed by atoms with Gasteiger partial charge in [-0.2, -0.15) is 5.10 Å². The van der Waals surface area contributed by atoms with Crippen molar-refractivity contribution in [1.82, 2.24) is 14.4 Å². The van der Waals surface area contributed by atoms with E-state index in [9.17, 15) is 0 Å². The smallest absolute Gasteiger partial charge is 0.201 e. The second-order valence-corrected chi connectivity index (χ2v) is 19.2. The lowest BCUT2D eigenvalue weighted by molar-refractivity contribution is 0.878. The van der Waals surface area contributed by atoms with E-state index in [0.717, 1.165) is 5.16 Å². The maximum absolute atomic E-state index is 4.53. The molecule has 0 amide bonds. The van der Waals surface area contributed by atoms with E-state index in [2.05, 4.69) is 53.7 Å². The van der Waals surface area contributed by atoms with E-state index in [-0.39, 0.29) is 0 Å². The zero-order valence-electron chi connectivity index (χ0n) is 9.83. The first kappa shape index (κ1) is 12.0. The summed E-state index contributed by atoms with van der Waals surface area (Å²) in [5.41, 5.74) is 0. The van der Waals surface area contributed by atoms with Gasteiger partial charge in [0.2, 0.25) is 5.16 Å². The molecule has 0 aliphatic rings. The van der Waals surface area contributed by atoms with E-state index in [1.54, 1.807) is 0 Å². The molecule has 0 N–H and O–H groups in total. The Morgan fingerprint density at radius 1 is 1.14 bits per heavy atom. The maximum Gasteiger partial charge on any atom is 0.201 e. The van der Waals surface area contributed by atoms with Gasteiger partial charge in [0.05, 0.1) is 0 Å². The molecule has 80 valence electrons. The fourth-order valence-electron chi connectivity index (χ4n) is 0.892. The van der Waals surface area contributed by atoms with Crippen molar-refractivity contribution in [3.8, 4) is 0 Å². The highest BCUT2D eigenvalue weighted by molar-refractivity contribution is 8.28. The third-order valence-corrected chi connectivity index (χ3v) is 6.51. The largest absolute Gasteiger partial charge is 0.283 e. The Balaban J connectivity index is 2.79. The van der Waals surface area contributed by atoms with Crippen molar-refractivity contribution < 1.29 is 0 Å². The van der Waals surface area contributed by atoms with E-state index in [1.807, 2.05) is 17.5 Å². The van der Waals surface area contributed by atoms with Crippen molar-refractivity contribution in [2.45, 2.75) is 44.4 Å². The first-order valence-electron chi connectivity index (χ1n) is 4.80. The normalized spacial score (nSPS) is 13.3. The molecule has 0 atom stereocenters. The van der Waals surface area contributed by atoms with Crippen LogP contribution in [0.5, 0.6) is 0 Å². The summed E-state index contributed by atoms with van der Waals surface area (Å²) in [6, 6.07) is 0. The Bertz CT molecular complexity index is 311. The fourth-order valence-corrected chi connectivity index (χ4v) is 4.46. The molecule has 0 saturated carbocycles. The van der Waals surface area contributed by atoms with Crippen LogP contribution >= 0.6 is 11.2 Å². The zero-order chi connectivity index (χ0) is 11.0. The Kier molecular flexibility index (Phi) is 3.28. The van der Waals surface area contributed by atoms with E-state index < -0.39 is 15.5 Å². The van der Waals surface area contributed by atoms with E-state index in [1.165, 1.54) is 0 Å². The lowest BCUT2D eigenvalue weighted by Gasteiger charge is -2.15. The summed E-state index contributed by atoms with van der Waals surface area (Å²) in [6.45, 7) is 13.7. The van der Waals surface area contributed by atoms with Gasteiger partial charge in [-0.25, -0.2) is 4.98 Å². The van der Waals surface area contributed by atoms with Crippen molar-refractivity contribution in [2.24, 2.45) is 0 Å². The van der Waals surface area contributed by atoms with Crippen molar-refractivity contribution in [3.05, 3.63) is 6.33 Å². The summed E-state index contributed by atoms with van der Waals surface area (Å²) in [5, 5.41) is 5.48. The van der Waals surface area contributed by atoms with Crippen LogP contribution < -0.4 is 0 Å². The minimum atomic E-state index is -1.34. The van der Waals surface area contributed by atoms with Gasteiger partial charge >= 0.3 is 0 Å². The summed E-state index contributed by atoms with van der Waals surface area (Å²) >= 11 is 1.86. The molecule has 0 aromatic carbocycles. The molecule has 0 radical (unpaired) electrons. The molecule has 6 heteroatoms. The van der Waals surface area contributed by atoms with Crippen LogP contribution in [-0.4, -0.2) is 29.9 Å². The molecule has 0 bridgehead atoms. The Labute approximate surface area is 92.1 Å². The van der Waals surface area contributed by atoms with Crippen LogP contribution in [0.3, 0.4) is 0 Å². The summed E-state index contributed by atoms with van der Waals surface area (Å²) in [4.78, 5) is 4.35. The maximum atomic E-state index is 4.53. The quantitative estimate of drug-likeness (QED) is 0.767. The summed E-state index contributed by atoms with van der Waals surface area (Å²) < 4.78 is 2.06. The summed E-state index contributed by atoms with van der Waals surface area (Å²) in [7, 11) is -2.49. The molecule has 0 aliphatic carbocycles. The van der Waals surface area contributed by atoms with Crippen LogP contribution in [0.25, 0.3) is 0 Å². The van der Waals surface area contributed by atoms with Crippen molar-refractivity contribution in [1.29, 1.82) is 0 Å². The highest BCUT2D eigenvalue weighted by Crippen LogP contribution is 2.25. The molecule has 0 saturated heterocycles. The summed E-state index contributed by atoms with van der Waals surface area (Å²) in [5.74, 6) is 0. The Morgan fingerprint density at radius 2 is 1.71 bits per heavy atom. The van der Waals surface area contributed by atoms with Crippen LogP contribution in [-0.2, 0) is 0 Å². The average molecular weight is 245 g/mol. The van der Waals surface area contributed by atoms with Crippen molar-refractivity contribution >= 4 is 26.7 Å². The molecule has 0 spiro atoms. The molecule has 1 aromatic rings. The standard InChI is InChI=1S/C8H19N3SSi2/c1-13(2,3)11-7-9-8(10-11)12-14(4,5)6/h7H,1-6H3. The van der Waals surface area contributed by atoms with Gasteiger partial charge in [-0.1, -0.05) is 19.6 Å². The van der Waals surface area contributed by atoms with Crippen LogP contribution in [0.2, 0.25) is 39.3 Å². The van der Waals surface area contributed by atoms with Gasteiger partial charge in [-0.3, -0.25) is 4.35 Å². The molecule has 0 fully saturated rings. The lowest BCUT2D eigenvalue weighted by Crippen LogP contribution is -2.32. The highest BCUT2D eigenvalue weighted by Gasteiger charge is 2.21. The predicted octanol–water partition coefficient (Wildman–Crippen LogP) is 2.89. The van der Waals surface area contributed by atoms with Gasteiger partial charge in [-0.15, -0.1) is 11.2 Å². The molecule has 1 rings (SSSR count). The molecule has 3 nitrogen and oxygen atoms in total. The molecule has 1 heterocycles. The first-order chi connectivity index (χ1) is 6.18. The summed E-state index contributed by atoms with van der Waals surface area (Å²) in [6.07, 6.45) is 1.88. The molecular formula is C8H19N3SSi2. The minimum Gasteiger partial charge on any atom is -0.283 e. The number of hydrogen-bond donors (Lipinski definition) is 0. The second kappa shape index (κ2) is 3.82. The van der Waals surface area contributed by atoms with Gasteiger partial charge in [0.1, 0.15) is 13.6 Å². The SMILES string of the molecule is C[Si](C)(C)Sc1ncn([Si](C)(C)C)n1. The lowest BCUT2D eigenvalue weighted by atomic mass is 11.3. The third kappa shape index (κ3) is 3.58. The number of rotatable bonds is 3. The topological polar surface area (TPSA) is 30.7 Å². The van der Waals surface area contributed by atoms with Crippen LogP contribution in [0.1, 0.15) is 0 Å². The molecule has 14 heavy (non-hydrogen) atoms. The number of nitrogens with zero attached hydrogens (tertiary/aromatic N) is 3. The zero-order valence-corrected chi connectivity index (χ0v) is 12.6. The van der Waals surface area contributed by atoms with Crippen LogP contribution in [0.15, 0.2) is 11.5 Å². The van der Waals surface area contributed by atoms with Crippen molar-refractivity contribution in [2.75, 3.05) is 0 Å². The van der Waals surface area contributed by atoms with Crippen LogP contribution in [0, 0.1) is 0 Å². The van der Waals surface area contributed by atoms with E-state index >= 15 is 0 Å². The molecule has 1 aromatic heterocycles. The third-order valence-electron chi connectivity index (χ3n) is 1.56. The van der Waals surface area contributed by atoms with E-state index in [4.69, 9.17) is 0 Å². The van der Waals surface area contributed by atoms with Gasteiger partial charge in [0, 0.05) is 0 Å². The van der Waals surface area contributed by atoms with E-state index in [0.29, 0.717) is 0 Å². The van der Waals surface area contributed by atoms with Crippen LogP contribution in [0.4, 0.5) is 0 Å².